The van der Waals surface area contributed by atoms with Crippen molar-refractivity contribution >= 4 is 11.6 Å². The number of carbonyl (C=O) groups excluding carboxylic acids is 1. The third-order valence-electron chi connectivity index (χ3n) is 2.59. The van der Waals surface area contributed by atoms with Crippen LogP contribution in [0.3, 0.4) is 0 Å². The number of phenols is 1. The van der Waals surface area contributed by atoms with Crippen LogP contribution in [0, 0.1) is 12.7 Å². The quantitative estimate of drug-likeness (QED) is 0.843. The van der Waals surface area contributed by atoms with E-state index in [1.54, 1.807) is 18.2 Å². The molecule has 0 fully saturated rings. The van der Waals surface area contributed by atoms with Crippen LogP contribution in [0.25, 0.3) is 0 Å². The van der Waals surface area contributed by atoms with Gasteiger partial charge in [-0.1, -0.05) is 12.1 Å². The zero-order valence-electron chi connectivity index (χ0n) is 10.9. The highest BCUT2D eigenvalue weighted by Crippen LogP contribution is 2.23. The van der Waals surface area contributed by atoms with Crippen LogP contribution in [0.15, 0.2) is 42.5 Å². The van der Waals surface area contributed by atoms with Crippen LogP contribution in [0.1, 0.15) is 5.56 Å². The Morgan fingerprint density at radius 3 is 2.85 bits per heavy atom. The molecule has 5 heteroatoms. The van der Waals surface area contributed by atoms with Gasteiger partial charge in [-0.3, -0.25) is 4.79 Å². The van der Waals surface area contributed by atoms with Crippen molar-refractivity contribution in [3.63, 3.8) is 0 Å². The van der Waals surface area contributed by atoms with E-state index in [2.05, 4.69) is 5.32 Å². The molecule has 0 saturated carbocycles. The Labute approximate surface area is 115 Å². The van der Waals surface area contributed by atoms with E-state index in [1.165, 1.54) is 24.3 Å². The highest BCUT2D eigenvalue weighted by atomic mass is 19.1. The summed E-state index contributed by atoms with van der Waals surface area (Å²) >= 11 is 0. The van der Waals surface area contributed by atoms with Gasteiger partial charge >= 0.3 is 0 Å². The number of ether oxygens (including phenoxy) is 1. The molecular formula is C15H14FNO3. The molecule has 0 heterocycles. The summed E-state index contributed by atoms with van der Waals surface area (Å²) in [6, 6.07) is 10.4. The number of phenolic OH excluding ortho intramolecular Hbond substituents is 1. The number of rotatable bonds is 4. The first kappa shape index (κ1) is 13.9. The standard InChI is InChI=1S/C15H14FNO3/c1-10-5-6-14(18)13(7-10)17-15(19)9-20-12-4-2-3-11(16)8-12/h2-8,18H,9H2,1H3,(H,17,19). The Balaban J connectivity index is 1.94. The number of aromatic hydroxyl groups is 1. The Hall–Kier alpha value is -2.56. The maximum absolute atomic E-state index is 12.9. The first-order valence-corrected chi connectivity index (χ1v) is 6.02. The number of hydrogen-bond acceptors (Lipinski definition) is 3. The molecule has 0 aliphatic rings. The minimum absolute atomic E-state index is 0.0188. The van der Waals surface area contributed by atoms with E-state index in [0.29, 0.717) is 5.69 Å². The fourth-order valence-electron chi connectivity index (χ4n) is 1.64. The molecule has 0 spiro atoms. The first-order valence-electron chi connectivity index (χ1n) is 6.02. The van der Waals surface area contributed by atoms with Crippen LogP contribution < -0.4 is 10.1 Å². The molecule has 1 amide bonds. The van der Waals surface area contributed by atoms with Crippen molar-refractivity contribution < 1.29 is 19.0 Å². The van der Waals surface area contributed by atoms with Gasteiger partial charge in [-0.25, -0.2) is 4.39 Å². The zero-order valence-corrected chi connectivity index (χ0v) is 10.9. The van der Waals surface area contributed by atoms with Gasteiger partial charge in [0.25, 0.3) is 5.91 Å². The lowest BCUT2D eigenvalue weighted by molar-refractivity contribution is -0.118. The number of aryl methyl sites for hydroxylation is 1. The normalized spacial score (nSPS) is 10.1. The highest BCUT2D eigenvalue weighted by molar-refractivity contribution is 5.93. The van der Waals surface area contributed by atoms with Crippen LogP contribution in [0.2, 0.25) is 0 Å². The van der Waals surface area contributed by atoms with Crippen LogP contribution in [-0.4, -0.2) is 17.6 Å². The van der Waals surface area contributed by atoms with Gasteiger partial charge in [-0.2, -0.15) is 0 Å². The molecule has 0 bridgehead atoms. The van der Waals surface area contributed by atoms with Gasteiger partial charge in [0.1, 0.15) is 17.3 Å². The van der Waals surface area contributed by atoms with Crippen molar-refractivity contribution in [2.75, 3.05) is 11.9 Å². The number of amides is 1. The van der Waals surface area contributed by atoms with E-state index < -0.39 is 11.7 Å². The van der Waals surface area contributed by atoms with E-state index in [0.717, 1.165) is 5.56 Å². The van der Waals surface area contributed by atoms with Crippen molar-refractivity contribution in [3.8, 4) is 11.5 Å². The summed E-state index contributed by atoms with van der Waals surface area (Å²) in [7, 11) is 0. The Morgan fingerprint density at radius 1 is 1.30 bits per heavy atom. The van der Waals surface area contributed by atoms with Crippen molar-refractivity contribution in [3.05, 3.63) is 53.8 Å². The molecule has 2 aromatic rings. The SMILES string of the molecule is Cc1ccc(O)c(NC(=O)COc2cccc(F)c2)c1. The molecular weight excluding hydrogens is 261 g/mol. The smallest absolute Gasteiger partial charge is 0.262 e. The minimum Gasteiger partial charge on any atom is -0.506 e. The fourth-order valence-corrected chi connectivity index (χ4v) is 1.64. The van der Waals surface area contributed by atoms with Crippen molar-refractivity contribution in [1.29, 1.82) is 0 Å². The van der Waals surface area contributed by atoms with Crippen LogP contribution in [0.4, 0.5) is 10.1 Å². The molecule has 0 aliphatic heterocycles. The molecule has 0 aromatic heterocycles. The number of hydrogen-bond donors (Lipinski definition) is 2. The van der Waals surface area contributed by atoms with Crippen LogP contribution >= 0.6 is 0 Å². The molecule has 2 N–H and O–H groups in total. The van der Waals surface area contributed by atoms with Crippen molar-refractivity contribution in [1.82, 2.24) is 0 Å². The lowest BCUT2D eigenvalue weighted by Crippen LogP contribution is -2.20. The second kappa shape index (κ2) is 6.06. The maximum atomic E-state index is 12.9. The van der Waals surface area contributed by atoms with Gasteiger partial charge in [0, 0.05) is 6.07 Å². The molecule has 20 heavy (non-hydrogen) atoms. The Bertz CT molecular complexity index is 628. The molecule has 0 aliphatic carbocycles. The third kappa shape index (κ3) is 3.71. The van der Waals surface area contributed by atoms with Gasteiger partial charge in [-0.05, 0) is 36.8 Å². The topological polar surface area (TPSA) is 58.6 Å². The first-order chi connectivity index (χ1) is 9.54. The molecule has 2 rings (SSSR count). The second-order valence-corrected chi connectivity index (χ2v) is 4.31. The van der Waals surface area contributed by atoms with E-state index in [4.69, 9.17) is 4.74 Å². The molecule has 0 unspecified atom stereocenters. The van der Waals surface area contributed by atoms with Crippen molar-refractivity contribution in [2.45, 2.75) is 6.92 Å². The van der Waals surface area contributed by atoms with Gasteiger partial charge in [-0.15, -0.1) is 0 Å². The lowest BCUT2D eigenvalue weighted by Gasteiger charge is -2.09. The molecule has 0 atom stereocenters. The largest absolute Gasteiger partial charge is 0.506 e. The lowest BCUT2D eigenvalue weighted by atomic mass is 10.2. The summed E-state index contributed by atoms with van der Waals surface area (Å²) in [4.78, 5) is 11.7. The van der Waals surface area contributed by atoms with E-state index in [-0.39, 0.29) is 18.1 Å². The molecule has 4 nitrogen and oxygen atoms in total. The number of benzene rings is 2. The average molecular weight is 275 g/mol. The molecule has 2 aromatic carbocycles. The number of nitrogens with one attached hydrogen (secondary N) is 1. The number of anilines is 1. The Morgan fingerprint density at radius 2 is 2.10 bits per heavy atom. The predicted octanol–water partition coefficient (Wildman–Crippen LogP) is 2.86. The summed E-state index contributed by atoms with van der Waals surface area (Å²) in [6.07, 6.45) is 0. The van der Waals surface area contributed by atoms with Crippen molar-refractivity contribution in [2.24, 2.45) is 0 Å². The molecule has 0 saturated heterocycles. The number of carbonyl (C=O) groups is 1. The van der Waals surface area contributed by atoms with Crippen LogP contribution in [-0.2, 0) is 4.79 Å². The summed E-state index contributed by atoms with van der Waals surface area (Å²) in [5.41, 5.74) is 1.22. The monoisotopic (exact) mass is 275 g/mol. The summed E-state index contributed by atoms with van der Waals surface area (Å²) in [5.74, 6) is -0.613. The van der Waals surface area contributed by atoms with Crippen LogP contribution in [0.5, 0.6) is 11.5 Å². The number of halogens is 1. The summed E-state index contributed by atoms with van der Waals surface area (Å²) in [5, 5.41) is 12.1. The predicted molar refractivity (Wildman–Crippen MR) is 73.4 cm³/mol. The van der Waals surface area contributed by atoms with E-state index >= 15 is 0 Å². The summed E-state index contributed by atoms with van der Waals surface area (Å²) < 4.78 is 18.1. The molecule has 104 valence electrons. The average Bonchev–Trinajstić information content (AvgIpc) is 2.41. The van der Waals surface area contributed by atoms with Gasteiger partial charge in [0.05, 0.1) is 5.69 Å². The molecule has 0 radical (unpaired) electrons. The zero-order chi connectivity index (χ0) is 14.5. The Kier molecular flexibility index (Phi) is 4.20. The minimum atomic E-state index is -0.435. The van der Waals surface area contributed by atoms with Gasteiger partial charge in [0.2, 0.25) is 0 Å². The van der Waals surface area contributed by atoms with E-state index in [1.807, 2.05) is 6.92 Å². The van der Waals surface area contributed by atoms with E-state index in [9.17, 15) is 14.3 Å². The fraction of sp³-hybridized carbons (Fsp3) is 0.133. The van der Waals surface area contributed by atoms with Gasteiger partial charge < -0.3 is 15.2 Å². The highest BCUT2D eigenvalue weighted by Gasteiger charge is 2.07. The van der Waals surface area contributed by atoms with Gasteiger partial charge in [0.15, 0.2) is 6.61 Å². The second-order valence-electron chi connectivity index (χ2n) is 4.31. The third-order valence-corrected chi connectivity index (χ3v) is 2.59. The summed E-state index contributed by atoms with van der Waals surface area (Å²) in [6.45, 7) is 1.58. The maximum Gasteiger partial charge on any atom is 0.262 e.